The molecule has 0 bridgehead atoms. The number of imidazole rings is 1. The van der Waals surface area contributed by atoms with E-state index >= 15 is 0 Å². The van der Waals surface area contributed by atoms with Gasteiger partial charge in [0.25, 0.3) is 5.56 Å². The number of rotatable bonds is 5. The van der Waals surface area contributed by atoms with Gasteiger partial charge in [-0.2, -0.15) is 4.98 Å². The molecule has 8 nitrogen and oxygen atoms in total. The summed E-state index contributed by atoms with van der Waals surface area (Å²) in [6.45, 7) is 9.14. The Hall–Kier alpha value is -3.65. The molecule has 2 aromatic heterocycles. The lowest BCUT2D eigenvalue weighted by atomic mass is 10.0. The van der Waals surface area contributed by atoms with Crippen molar-refractivity contribution in [2.45, 2.75) is 26.9 Å². The molecular formula is C26H30N6O2. The molecule has 5 rings (SSSR count). The van der Waals surface area contributed by atoms with Crippen LogP contribution in [0.2, 0.25) is 0 Å². The van der Waals surface area contributed by atoms with Crippen LogP contribution < -0.4 is 16.1 Å². The van der Waals surface area contributed by atoms with Gasteiger partial charge >= 0.3 is 5.69 Å². The van der Waals surface area contributed by atoms with Gasteiger partial charge in [-0.05, 0) is 30.5 Å². The molecule has 0 atom stereocenters. The second-order valence-corrected chi connectivity index (χ2v) is 9.17. The van der Waals surface area contributed by atoms with Crippen LogP contribution in [0.4, 0.5) is 5.95 Å². The number of anilines is 1. The van der Waals surface area contributed by atoms with E-state index in [1.54, 1.807) is 7.05 Å². The molecule has 34 heavy (non-hydrogen) atoms. The minimum absolute atomic E-state index is 0.402. The molecule has 0 aliphatic carbocycles. The second-order valence-electron chi connectivity index (χ2n) is 9.17. The number of aryl methyl sites for hydroxylation is 3. The number of hydrogen-bond acceptors (Lipinski definition) is 5. The van der Waals surface area contributed by atoms with Gasteiger partial charge in [-0.15, -0.1) is 0 Å². The predicted octanol–water partition coefficient (Wildman–Crippen LogP) is 2.41. The van der Waals surface area contributed by atoms with Gasteiger partial charge in [0, 0.05) is 39.8 Å². The van der Waals surface area contributed by atoms with Gasteiger partial charge in [0.1, 0.15) is 0 Å². The maximum Gasteiger partial charge on any atom is 0.329 e. The Morgan fingerprint density at radius 2 is 1.68 bits per heavy atom. The number of piperazine rings is 1. The Morgan fingerprint density at radius 1 is 0.941 bits per heavy atom. The number of nitrogens with one attached hydrogen (secondary N) is 1. The molecule has 1 N–H and O–H groups in total. The zero-order valence-electron chi connectivity index (χ0n) is 19.9. The minimum atomic E-state index is -0.452. The molecule has 4 aromatic rings. The van der Waals surface area contributed by atoms with Crippen LogP contribution in [-0.4, -0.2) is 50.2 Å². The molecule has 1 fully saturated rings. The summed E-state index contributed by atoms with van der Waals surface area (Å²) in [6.07, 6.45) is 0. The number of aromatic amines is 1. The standard InChI is InChI=1S/C26H30N6O2/c1-18-9-10-19(2)21(15-18)17-30-11-13-31(14-12-30)25-27-23-22(24(33)28-26(34)29(23)3)32(25)16-20-7-5-4-6-8-20/h4-10,15H,11-14,16-17H2,1-3H3,(H,28,33,34). The summed E-state index contributed by atoms with van der Waals surface area (Å²) in [4.78, 5) is 37.0. The van der Waals surface area contributed by atoms with E-state index in [0.29, 0.717) is 17.7 Å². The average Bonchev–Trinajstić information content (AvgIpc) is 3.21. The number of hydrogen-bond donors (Lipinski definition) is 1. The first kappa shape index (κ1) is 22.2. The predicted molar refractivity (Wildman–Crippen MR) is 135 cm³/mol. The first-order valence-corrected chi connectivity index (χ1v) is 11.7. The molecule has 0 spiro atoms. The summed E-state index contributed by atoms with van der Waals surface area (Å²) in [7, 11) is 1.65. The molecular weight excluding hydrogens is 428 g/mol. The normalized spacial score (nSPS) is 14.7. The van der Waals surface area contributed by atoms with E-state index in [4.69, 9.17) is 4.98 Å². The van der Waals surface area contributed by atoms with Crippen molar-refractivity contribution < 1.29 is 0 Å². The fourth-order valence-electron chi connectivity index (χ4n) is 4.70. The molecule has 0 amide bonds. The van der Waals surface area contributed by atoms with Gasteiger partial charge in [-0.25, -0.2) is 4.79 Å². The number of nitrogens with zero attached hydrogens (tertiary/aromatic N) is 5. The second kappa shape index (κ2) is 8.95. The van der Waals surface area contributed by atoms with E-state index in [9.17, 15) is 9.59 Å². The fourth-order valence-corrected chi connectivity index (χ4v) is 4.70. The zero-order chi connectivity index (χ0) is 23.8. The van der Waals surface area contributed by atoms with E-state index in [1.807, 2.05) is 34.9 Å². The lowest BCUT2D eigenvalue weighted by molar-refractivity contribution is 0.248. The van der Waals surface area contributed by atoms with E-state index in [1.165, 1.54) is 21.3 Å². The quantitative estimate of drug-likeness (QED) is 0.497. The van der Waals surface area contributed by atoms with Crippen molar-refractivity contribution in [3.05, 3.63) is 91.6 Å². The number of fused-ring (bicyclic) bond motifs is 1. The lowest BCUT2D eigenvalue weighted by Crippen LogP contribution is -2.47. The summed E-state index contributed by atoms with van der Waals surface area (Å²) < 4.78 is 3.36. The maximum atomic E-state index is 12.8. The largest absolute Gasteiger partial charge is 0.340 e. The van der Waals surface area contributed by atoms with Crippen LogP contribution >= 0.6 is 0 Å². The summed E-state index contributed by atoms with van der Waals surface area (Å²) >= 11 is 0. The Bertz CT molecular complexity index is 1440. The number of benzene rings is 2. The van der Waals surface area contributed by atoms with Gasteiger partial charge in [0.2, 0.25) is 5.95 Å². The molecule has 0 radical (unpaired) electrons. The molecule has 0 saturated carbocycles. The topological polar surface area (TPSA) is 79.2 Å². The van der Waals surface area contributed by atoms with Crippen molar-refractivity contribution in [3.63, 3.8) is 0 Å². The zero-order valence-corrected chi connectivity index (χ0v) is 19.9. The van der Waals surface area contributed by atoms with Crippen LogP contribution in [0, 0.1) is 13.8 Å². The number of H-pyrrole nitrogens is 1. The smallest absolute Gasteiger partial charge is 0.329 e. The van der Waals surface area contributed by atoms with Crippen LogP contribution in [0.5, 0.6) is 0 Å². The van der Waals surface area contributed by atoms with Crippen LogP contribution in [0.25, 0.3) is 11.2 Å². The van der Waals surface area contributed by atoms with Crippen LogP contribution in [-0.2, 0) is 20.1 Å². The molecule has 2 aromatic carbocycles. The van der Waals surface area contributed by atoms with Crippen molar-refractivity contribution in [2.24, 2.45) is 7.05 Å². The van der Waals surface area contributed by atoms with Gasteiger partial charge in [-0.1, -0.05) is 54.1 Å². The van der Waals surface area contributed by atoms with Crippen molar-refractivity contribution in [2.75, 3.05) is 31.1 Å². The Labute approximate surface area is 198 Å². The molecule has 1 aliphatic rings. The molecule has 0 unspecified atom stereocenters. The summed E-state index contributed by atoms with van der Waals surface area (Å²) in [5, 5.41) is 0. The maximum absolute atomic E-state index is 12.8. The first-order valence-electron chi connectivity index (χ1n) is 11.7. The average molecular weight is 459 g/mol. The Kier molecular flexibility index (Phi) is 5.83. The van der Waals surface area contributed by atoms with Gasteiger partial charge < -0.3 is 4.90 Å². The molecule has 1 aliphatic heterocycles. The minimum Gasteiger partial charge on any atom is -0.340 e. The SMILES string of the molecule is Cc1ccc(C)c(CN2CCN(c3nc4c(c(=O)[nH]c(=O)n4C)n3Cc3ccccc3)CC2)c1. The van der Waals surface area contributed by atoms with Gasteiger partial charge in [0.05, 0.1) is 6.54 Å². The molecule has 1 saturated heterocycles. The third-order valence-electron chi connectivity index (χ3n) is 6.72. The highest BCUT2D eigenvalue weighted by molar-refractivity contribution is 5.74. The molecule has 176 valence electrons. The van der Waals surface area contributed by atoms with Gasteiger partial charge in [0.15, 0.2) is 11.2 Å². The van der Waals surface area contributed by atoms with Crippen molar-refractivity contribution in [1.82, 2.24) is 24.0 Å². The van der Waals surface area contributed by atoms with Crippen molar-refractivity contribution in [3.8, 4) is 0 Å². The monoisotopic (exact) mass is 458 g/mol. The number of aromatic nitrogens is 4. The summed E-state index contributed by atoms with van der Waals surface area (Å²) in [5.74, 6) is 0.733. The highest BCUT2D eigenvalue weighted by Crippen LogP contribution is 2.23. The third kappa shape index (κ3) is 4.17. The van der Waals surface area contributed by atoms with Crippen LogP contribution in [0.3, 0.4) is 0 Å². The Balaban J connectivity index is 1.45. The van der Waals surface area contributed by atoms with E-state index in [-0.39, 0.29) is 0 Å². The van der Waals surface area contributed by atoms with E-state index in [0.717, 1.165) is 44.2 Å². The van der Waals surface area contributed by atoms with Crippen LogP contribution in [0.15, 0.2) is 58.1 Å². The van der Waals surface area contributed by atoms with E-state index in [2.05, 4.69) is 46.8 Å². The fraction of sp³-hybridized carbons (Fsp3) is 0.346. The third-order valence-corrected chi connectivity index (χ3v) is 6.72. The highest BCUT2D eigenvalue weighted by Gasteiger charge is 2.25. The summed E-state index contributed by atoms with van der Waals surface area (Å²) in [5.41, 5.74) is 5.03. The molecule has 8 heteroatoms. The van der Waals surface area contributed by atoms with Gasteiger partial charge in [-0.3, -0.25) is 23.8 Å². The molecule has 3 heterocycles. The van der Waals surface area contributed by atoms with Crippen LogP contribution in [0.1, 0.15) is 22.3 Å². The van der Waals surface area contributed by atoms with E-state index < -0.39 is 11.2 Å². The first-order chi connectivity index (χ1) is 16.4. The lowest BCUT2D eigenvalue weighted by Gasteiger charge is -2.35. The van der Waals surface area contributed by atoms with Crippen molar-refractivity contribution in [1.29, 1.82) is 0 Å². The summed E-state index contributed by atoms with van der Waals surface area (Å²) in [6, 6.07) is 16.6. The Morgan fingerprint density at radius 3 is 2.41 bits per heavy atom. The highest BCUT2D eigenvalue weighted by atomic mass is 16.2. The van der Waals surface area contributed by atoms with Crippen molar-refractivity contribution >= 4 is 17.1 Å².